The van der Waals surface area contributed by atoms with Crippen molar-refractivity contribution >= 4 is 28.2 Å². The monoisotopic (exact) mass is 299 g/mol. The average Bonchev–Trinajstić information content (AvgIpc) is 2.68. The summed E-state index contributed by atoms with van der Waals surface area (Å²) in [6, 6.07) is 2.06. The minimum atomic E-state index is -1.46. The number of hydrogen-bond acceptors (Lipinski definition) is 2. The van der Waals surface area contributed by atoms with Crippen LogP contribution in [0.1, 0.15) is 32.1 Å². The smallest absolute Gasteiger partial charge is 0.173 e. The summed E-state index contributed by atoms with van der Waals surface area (Å²) in [5.41, 5.74) is 0.289. The molecule has 2 rings (SSSR count). The Hall–Kier alpha value is -1.56. The highest BCUT2D eigenvalue weighted by molar-refractivity contribution is 7.85. The molecular weight excluding hydrogens is 284 g/mol. The van der Waals surface area contributed by atoms with Crippen LogP contribution in [0.5, 0.6) is 0 Å². The van der Waals surface area contributed by atoms with E-state index in [0.29, 0.717) is 5.56 Å². The molecule has 0 bridgehead atoms. The minimum Gasteiger partial charge on any atom is -0.452 e. The maximum absolute atomic E-state index is 13.7. The number of benzene rings is 1. The first kappa shape index (κ1) is 14.8. The van der Waals surface area contributed by atoms with Crippen molar-refractivity contribution in [2.75, 3.05) is 0 Å². The molecule has 0 saturated carbocycles. The van der Waals surface area contributed by atoms with Gasteiger partial charge in [-0.1, -0.05) is 0 Å². The molecule has 0 spiro atoms. The molecule has 6 heteroatoms. The Morgan fingerprint density at radius 2 is 1.85 bits per heavy atom. The van der Waals surface area contributed by atoms with Gasteiger partial charge in [0.05, 0.1) is 16.3 Å². The van der Waals surface area contributed by atoms with E-state index in [1.54, 1.807) is 27.7 Å². The molecular formula is C14H15F2NO2S. The Morgan fingerprint density at radius 3 is 2.40 bits per heavy atom. The molecule has 1 heterocycles. The fourth-order valence-electron chi connectivity index (χ4n) is 1.67. The second-order valence-electron chi connectivity index (χ2n) is 5.42. The highest BCUT2D eigenvalue weighted by Crippen LogP contribution is 2.29. The van der Waals surface area contributed by atoms with Crippen LogP contribution in [0.4, 0.5) is 8.78 Å². The van der Waals surface area contributed by atoms with Gasteiger partial charge < -0.3 is 4.42 Å². The van der Waals surface area contributed by atoms with E-state index in [4.69, 9.17) is 4.42 Å². The summed E-state index contributed by atoms with van der Waals surface area (Å²) in [5.74, 6) is -0.984. The van der Waals surface area contributed by atoms with Crippen molar-refractivity contribution in [3.05, 3.63) is 35.1 Å². The van der Waals surface area contributed by atoms with Crippen LogP contribution in [0, 0.1) is 18.6 Å². The number of rotatable bonds is 2. The summed E-state index contributed by atoms with van der Waals surface area (Å²) in [6.07, 6.45) is 1.26. The Labute approximate surface area is 118 Å². The lowest BCUT2D eigenvalue weighted by molar-refractivity contribution is 0.550. The zero-order valence-electron chi connectivity index (χ0n) is 11.7. The molecule has 0 N–H and O–H groups in total. The Kier molecular flexibility index (Phi) is 3.77. The predicted octanol–water partition coefficient (Wildman–Crippen LogP) is 3.90. The molecule has 1 aromatic heterocycles. The van der Waals surface area contributed by atoms with Gasteiger partial charge in [0.2, 0.25) is 0 Å². The van der Waals surface area contributed by atoms with E-state index in [1.807, 2.05) is 0 Å². The molecule has 0 amide bonds. The standard InChI is InChI=1S/C14H15F2NO2S/c1-8-11(7-17-20(18)14(2,3)4)19-13-10(16)6-5-9(15)12(8)13/h5-7H,1-4H3/t20-/m0/s1. The number of hydrogen-bond donors (Lipinski definition) is 0. The molecule has 0 aliphatic carbocycles. The summed E-state index contributed by atoms with van der Waals surface area (Å²) in [5, 5.41) is 0.0907. The van der Waals surface area contributed by atoms with Crippen LogP contribution in [0.2, 0.25) is 0 Å². The minimum absolute atomic E-state index is 0.0907. The fourth-order valence-corrected chi connectivity index (χ4v) is 2.18. The lowest BCUT2D eigenvalue weighted by atomic mass is 10.1. The van der Waals surface area contributed by atoms with Crippen molar-refractivity contribution in [3.8, 4) is 0 Å². The zero-order valence-corrected chi connectivity index (χ0v) is 12.5. The summed E-state index contributed by atoms with van der Waals surface area (Å²) in [7, 11) is -1.46. The molecule has 0 unspecified atom stereocenters. The maximum atomic E-state index is 13.7. The van der Waals surface area contributed by atoms with Crippen molar-refractivity contribution in [1.82, 2.24) is 0 Å². The zero-order chi connectivity index (χ0) is 15.1. The van der Waals surface area contributed by atoms with E-state index < -0.39 is 27.4 Å². The van der Waals surface area contributed by atoms with Gasteiger partial charge in [-0.3, -0.25) is 0 Å². The lowest BCUT2D eigenvalue weighted by Crippen LogP contribution is -2.19. The largest absolute Gasteiger partial charge is 0.452 e. The SMILES string of the molecule is Cc1c(C=N[S@@](=O)C(C)(C)C)oc2c(F)ccc(F)c12. The van der Waals surface area contributed by atoms with E-state index in [0.717, 1.165) is 12.1 Å². The van der Waals surface area contributed by atoms with Gasteiger partial charge in [-0.2, -0.15) is 4.40 Å². The first-order valence-corrected chi connectivity index (χ1v) is 7.15. The Bertz CT molecular complexity index is 714. The average molecular weight is 299 g/mol. The van der Waals surface area contributed by atoms with Crippen LogP contribution < -0.4 is 0 Å². The van der Waals surface area contributed by atoms with Gasteiger partial charge in [-0.15, -0.1) is 0 Å². The number of halogens is 2. The van der Waals surface area contributed by atoms with Crippen LogP contribution in [-0.2, 0) is 11.0 Å². The van der Waals surface area contributed by atoms with Crippen molar-refractivity contribution in [2.45, 2.75) is 32.4 Å². The quantitative estimate of drug-likeness (QED) is 0.789. The molecule has 1 atom stereocenters. The molecule has 0 radical (unpaired) electrons. The molecule has 0 aliphatic rings. The van der Waals surface area contributed by atoms with E-state index in [1.165, 1.54) is 6.21 Å². The van der Waals surface area contributed by atoms with Crippen molar-refractivity contribution in [3.63, 3.8) is 0 Å². The van der Waals surface area contributed by atoms with Gasteiger partial charge in [0.1, 0.15) is 22.6 Å². The predicted molar refractivity (Wildman–Crippen MR) is 76.4 cm³/mol. The highest BCUT2D eigenvalue weighted by atomic mass is 32.2. The molecule has 0 aliphatic heterocycles. The Morgan fingerprint density at radius 1 is 1.25 bits per heavy atom. The molecule has 3 nitrogen and oxygen atoms in total. The number of nitrogens with zero attached hydrogens (tertiary/aromatic N) is 1. The van der Waals surface area contributed by atoms with Crippen LogP contribution in [0.25, 0.3) is 11.0 Å². The summed E-state index contributed by atoms with van der Waals surface area (Å²) < 4.78 is 47.8. The van der Waals surface area contributed by atoms with Crippen molar-refractivity contribution in [1.29, 1.82) is 0 Å². The van der Waals surface area contributed by atoms with E-state index >= 15 is 0 Å². The number of aryl methyl sites for hydroxylation is 1. The van der Waals surface area contributed by atoms with Gasteiger partial charge >= 0.3 is 0 Å². The lowest BCUT2D eigenvalue weighted by Gasteiger charge is -2.12. The molecule has 2 aromatic rings. The maximum Gasteiger partial charge on any atom is 0.173 e. The third-order valence-electron chi connectivity index (χ3n) is 2.80. The fraction of sp³-hybridized carbons (Fsp3) is 0.357. The first-order chi connectivity index (χ1) is 9.21. The first-order valence-electron chi connectivity index (χ1n) is 6.05. The normalized spacial score (nSPS) is 14.3. The van der Waals surface area contributed by atoms with E-state index in [2.05, 4.69) is 4.40 Å². The third-order valence-corrected chi connectivity index (χ3v) is 4.15. The number of furan rings is 1. The van der Waals surface area contributed by atoms with Crippen molar-refractivity contribution < 1.29 is 17.4 Å². The van der Waals surface area contributed by atoms with Crippen molar-refractivity contribution in [2.24, 2.45) is 4.40 Å². The molecule has 108 valence electrons. The second kappa shape index (κ2) is 5.09. The van der Waals surface area contributed by atoms with Gasteiger partial charge in [-0.05, 0) is 39.8 Å². The summed E-state index contributed by atoms with van der Waals surface area (Å²) in [6.45, 7) is 6.96. The van der Waals surface area contributed by atoms with Gasteiger partial charge in [0.15, 0.2) is 11.4 Å². The van der Waals surface area contributed by atoms with Crippen LogP contribution in [0.15, 0.2) is 20.9 Å². The molecule has 20 heavy (non-hydrogen) atoms. The summed E-state index contributed by atoms with van der Waals surface area (Å²) in [4.78, 5) is 0. The molecule has 1 aromatic carbocycles. The van der Waals surface area contributed by atoms with Gasteiger partial charge in [-0.25, -0.2) is 13.0 Å². The van der Waals surface area contributed by atoms with Crippen LogP contribution in [-0.4, -0.2) is 15.2 Å². The van der Waals surface area contributed by atoms with E-state index in [-0.39, 0.29) is 16.7 Å². The van der Waals surface area contributed by atoms with E-state index in [9.17, 15) is 13.0 Å². The highest BCUT2D eigenvalue weighted by Gasteiger charge is 2.20. The van der Waals surface area contributed by atoms with Gasteiger partial charge in [0, 0.05) is 5.56 Å². The third kappa shape index (κ3) is 2.65. The molecule has 0 saturated heterocycles. The summed E-state index contributed by atoms with van der Waals surface area (Å²) >= 11 is 0. The molecule has 0 fully saturated rings. The van der Waals surface area contributed by atoms with Crippen LogP contribution in [0.3, 0.4) is 0 Å². The van der Waals surface area contributed by atoms with Crippen LogP contribution >= 0.6 is 0 Å². The Balaban J connectivity index is 2.50. The second-order valence-corrected chi connectivity index (χ2v) is 7.35. The number of fused-ring (bicyclic) bond motifs is 1. The van der Waals surface area contributed by atoms with Gasteiger partial charge in [0.25, 0.3) is 0 Å². The topological polar surface area (TPSA) is 42.6 Å².